The molecule has 7 heteroatoms. The standard InChI is InChI=1S/C24H30Br2N2O3/c1-3-4-5-6-7-8-17-24(31,27(2)21-13-9-19(25)10-14-21)23(30)28(18-29)22-15-11-20(26)12-16-22/h9-16,18,31H,3-8,17H2,1-2H3. The highest BCUT2D eigenvalue weighted by Gasteiger charge is 2.43. The van der Waals surface area contributed by atoms with Crippen molar-refractivity contribution in [3.8, 4) is 0 Å². The zero-order valence-electron chi connectivity index (χ0n) is 18.1. The molecule has 0 spiro atoms. The van der Waals surface area contributed by atoms with Gasteiger partial charge in [0.2, 0.25) is 12.1 Å². The van der Waals surface area contributed by atoms with Gasteiger partial charge in [-0.2, -0.15) is 0 Å². The van der Waals surface area contributed by atoms with Crippen molar-refractivity contribution in [2.24, 2.45) is 0 Å². The van der Waals surface area contributed by atoms with Crippen LogP contribution in [0.4, 0.5) is 11.4 Å². The minimum atomic E-state index is -1.85. The molecule has 5 nitrogen and oxygen atoms in total. The first-order valence-electron chi connectivity index (χ1n) is 10.6. The van der Waals surface area contributed by atoms with Crippen LogP contribution in [0.25, 0.3) is 0 Å². The SMILES string of the molecule is CCCCCCCCC(O)(C(=O)N(C=O)c1ccc(Br)cc1)N(C)c1ccc(Br)cc1. The van der Waals surface area contributed by atoms with Crippen molar-refractivity contribution >= 4 is 55.6 Å². The lowest BCUT2D eigenvalue weighted by Crippen LogP contribution is -2.59. The minimum Gasteiger partial charge on any atom is -0.363 e. The van der Waals surface area contributed by atoms with E-state index in [4.69, 9.17) is 0 Å². The third-order valence-electron chi connectivity index (χ3n) is 5.42. The Balaban J connectivity index is 2.29. The predicted molar refractivity (Wildman–Crippen MR) is 133 cm³/mol. The van der Waals surface area contributed by atoms with Gasteiger partial charge in [0, 0.05) is 28.1 Å². The third kappa shape index (κ3) is 6.89. The Kier molecular flexibility index (Phi) is 10.2. The topological polar surface area (TPSA) is 60.9 Å². The molecular weight excluding hydrogens is 524 g/mol. The zero-order chi connectivity index (χ0) is 22.9. The van der Waals surface area contributed by atoms with Gasteiger partial charge in [-0.1, -0.05) is 70.9 Å². The first-order chi connectivity index (χ1) is 14.8. The Morgan fingerprint density at radius 2 is 1.39 bits per heavy atom. The summed E-state index contributed by atoms with van der Waals surface area (Å²) in [7, 11) is 1.68. The maximum Gasteiger partial charge on any atom is 0.286 e. The van der Waals surface area contributed by atoms with E-state index >= 15 is 0 Å². The molecule has 2 rings (SSSR count). The number of anilines is 2. The monoisotopic (exact) mass is 552 g/mol. The molecule has 0 aliphatic heterocycles. The molecule has 2 amide bonds. The van der Waals surface area contributed by atoms with Gasteiger partial charge >= 0.3 is 0 Å². The number of likely N-dealkylation sites (N-methyl/N-ethyl adjacent to an activating group) is 1. The molecule has 168 valence electrons. The van der Waals surface area contributed by atoms with Crippen molar-refractivity contribution in [3.63, 3.8) is 0 Å². The number of hydrogen-bond donors (Lipinski definition) is 1. The smallest absolute Gasteiger partial charge is 0.286 e. The molecule has 0 aliphatic rings. The number of nitrogens with zero attached hydrogens (tertiary/aromatic N) is 2. The minimum absolute atomic E-state index is 0.228. The number of carbonyl (C=O) groups excluding carboxylic acids is 2. The van der Waals surface area contributed by atoms with Crippen molar-refractivity contribution in [1.82, 2.24) is 0 Å². The summed E-state index contributed by atoms with van der Waals surface area (Å²) in [5.74, 6) is -0.663. The van der Waals surface area contributed by atoms with Gasteiger partial charge in [-0.05, 0) is 55.0 Å². The van der Waals surface area contributed by atoms with Crippen LogP contribution in [0.5, 0.6) is 0 Å². The number of rotatable bonds is 12. The van der Waals surface area contributed by atoms with E-state index in [1.54, 1.807) is 36.2 Å². The van der Waals surface area contributed by atoms with Crippen LogP contribution in [0, 0.1) is 0 Å². The molecule has 1 N–H and O–H groups in total. The summed E-state index contributed by atoms with van der Waals surface area (Å²) in [6, 6.07) is 14.2. The number of unbranched alkanes of at least 4 members (excludes halogenated alkanes) is 5. The summed E-state index contributed by atoms with van der Waals surface area (Å²) < 4.78 is 1.74. The molecule has 31 heavy (non-hydrogen) atoms. The molecule has 0 aliphatic carbocycles. The fourth-order valence-corrected chi connectivity index (χ4v) is 4.00. The van der Waals surface area contributed by atoms with E-state index in [-0.39, 0.29) is 6.42 Å². The van der Waals surface area contributed by atoms with Crippen LogP contribution in [0.3, 0.4) is 0 Å². The zero-order valence-corrected chi connectivity index (χ0v) is 21.2. The largest absolute Gasteiger partial charge is 0.363 e. The lowest BCUT2D eigenvalue weighted by molar-refractivity contribution is -0.138. The predicted octanol–water partition coefficient (Wildman–Crippen LogP) is 6.28. The molecule has 1 atom stereocenters. The fourth-order valence-electron chi connectivity index (χ4n) is 3.47. The van der Waals surface area contributed by atoms with E-state index in [1.165, 1.54) is 6.42 Å². The Hall–Kier alpha value is -1.70. The van der Waals surface area contributed by atoms with Gasteiger partial charge < -0.3 is 10.0 Å². The van der Waals surface area contributed by atoms with Crippen LogP contribution < -0.4 is 9.80 Å². The van der Waals surface area contributed by atoms with E-state index in [2.05, 4.69) is 38.8 Å². The van der Waals surface area contributed by atoms with Gasteiger partial charge in [-0.15, -0.1) is 0 Å². The third-order valence-corrected chi connectivity index (χ3v) is 6.48. The molecule has 2 aromatic carbocycles. The Morgan fingerprint density at radius 3 is 1.90 bits per heavy atom. The summed E-state index contributed by atoms with van der Waals surface area (Å²) in [4.78, 5) is 27.9. The summed E-state index contributed by atoms with van der Waals surface area (Å²) in [5, 5.41) is 11.6. The second kappa shape index (κ2) is 12.4. The number of halogens is 2. The molecule has 1 unspecified atom stereocenters. The number of imide groups is 1. The van der Waals surface area contributed by atoms with Crippen LogP contribution >= 0.6 is 31.9 Å². The molecule has 0 radical (unpaired) electrons. The fraction of sp³-hybridized carbons (Fsp3) is 0.417. The molecule has 0 bridgehead atoms. The van der Waals surface area contributed by atoms with Gasteiger partial charge in [0.05, 0.1) is 5.69 Å². The van der Waals surface area contributed by atoms with E-state index in [0.29, 0.717) is 24.2 Å². The quantitative estimate of drug-likeness (QED) is 0.191. The number of aliphatic hydroxyl groups is 1. The van der Waals surface area contributed by atoms with Gasteiger partial charge in [0.25, 0.3) is 5.91 Å². The van der Waals surface area contributed by atoms with Gasteiger partial charge in [-0.25, -0.2) is 4.90 Å². The first kappa shape index (κ1) is 25.6. The lowest BCUT2D eigenvalue weighted by Gasteiger charge is -2.39. The van der Waals surface area contributed by atoms with Gasteiger partial charge in [0.15, 0.2) is 0 Å². The van der Waals surface area contributed by atoms with Crippen LogP contribution in [-0.4, -0.2) is 30.2 Å². The lowest BCUT2D eigenvalue weighted by atomic mass is 9.99. The van der Waals surface area contributed by atoms with Crippen molar-refractivity contribution < 1.29 is 14.7 Å². The summed E-state index contributed by atoms with van der Waals surface area (Å²) in [6.45, 7) is 2.17. The van der Waals surface area contributed by atoms with Crippen molar-refractivity contribution in [1.29, 1.82) is 0 Å². The van der Waals surface area contributed by atoms with E-state index < -0.39 is 11.6 Å². The van der Waals surface area contributed by atoms with Crippen LogP contribution in [0.1, 0.15) is 51.9 Å². The molecule has 0 saturated carbocycles. The highest BCUT2D eigenvalue weighted by atomic mass is 79.9. The van der Waals surface area contributed by atoms with Crippen LogP contribution in [0.2, 0.25) is 0 Å². The summed E-state index contributed by atoms with van der Waals surface area (Å²) in [5.41, 5.74) is -0.757. The van der Waals surface area contributed by atoms with Crippen LogP contribution in [-0.2, 0) is 9.59 Å². The highest BCUT2D eigenvalue weighted by molar-refractivity contribution is 9.10. The first-order valence-corrected chi connectivity index (χ1v) is 12.2. The van der Waals surface area contributed by atoms with Crippen LogP contribution in [0.15, 0.2) is 57.5 Å². The molecular formula is C24H30Br2N2O3. The molecule has 0 heterocycles. The molecule has 0 saturated heterocycles. The average molecular weight is 554 g/mol. The summed E-state index contributed by atoms with van der Waals surface area (Å²) in [6.07, 6.45) is 6.84. The second-order valence-electron chi connectivity index (χ2n) is 7.63. The number of hydrogen-bond acceptors (Lipinski definition) is 4. The molecule has 2 aromatic rings. The molecule has 0 aromatic heterocycles. The Labute approximate surface area is 201 Å². The normalized spacial score (nSPS) is 12.8. The van der Waals surface area contributed by atoms with E-state index in [9.17, 15) is 14.7 Å². The van der Waals surface area contributed by atoms with E-state index in [0.717, 1.165) is 39.5 Å². The summed E-state index contributed by atoms with van der Waals surface area (Å²) >= 11 is 6.77. The van der Waals surface area contributed by atoms with Gasteiger partial charge in [-0.3, -0.25) is 9.59 Å². The van der Waals surface area contributed by atoms with Crippen molar-refractivity contribution in [2.75, 3.05) is 16.8 Å². The molecule has 0 fully saturated rings. The number of carbonyl (C=O) groups is 2. The highest BCUT2D eigenvalue weighted by Crippen LogP contribution is 2.30. The maximum atomic E-state index is 13.5. The maximum absolute atomic E-state index is 13.5. The number of benzene rings is 2. The second-order valence-corrected chi connectivity index (χ2v) is 9.46. The Morgan fingerprint density at radius 1 is 0.903 bits per heavy atom. The van der Waals surface area contributed by atoms with Crippen molar-refractivity contribution in [3.05, 3.63) is 57.5 Å². The van der Waals surface area contributed by atoms with E-state index in [1.807, 2.05) is 24.3 Å². The van der Waals surface area contributed by atoms with Crippen molar-refractivity contribution in [2.45, 2.75) is 57.6 Å². The average Bonchev–Trinajstić information content (AvgIpc) is 2.77. The Bertz CT molecular complexity index is 843. The number of amides is 2. The van der Waals surface area contributed by atoms with Gasteiger partial charge in [0.1, 0.15) is 0 Å².